The number of aromatic nitrogens is 5. The van der Waals surface area contributed by atoms with Gasteiger partial charge in [0.25, 0.3) is 0 Å². The molecule has 2 aromatic rings. The summed E-state index contributed by atoms with van der Waals surface area (Å²) in [7, 11) is 1.91. The SMILES string of the molecule is Cc1cc(-c2nnc(SCC(=O)NCC(C)C)n2C[C@@H]2CCCO2)nn1C. The maximum absolute atomic E-state index is 12.1. The zero-order valence-electron chi connectivity index (χ0n) is 16.4. The van der Waals surface area contributed by atoms with Crippen molar-refractivity contribution in [3.05, 3.63) is 11.8 Å². The number of amides is 1. The fraction of sp³-hybridized carbons (Fsp3) is 0.667. The van der Waals surface area contributed by atoms with Crippen molar-refractivity contribution >= 4 is 17.7 Å². The molecule has 1 amide bonds. The molecule has 1 aliphatic rings. The minimum Gasteiger partial charge on any atom is -0.376 e. The zero-order valence-corrected chi connectivity index (χ0v) is 17.3. The summed E-state index contributed by atoms with van der Waals surface area (Å²) in [6, 6.07) is 2.00. The largest absolute Gasteiger partial charge is 0.376 e. The number of nitrogens with zero attached hydrogens (tertiary/aromatic N) is 5. The Morgan fingerprint density at radius 1 is 1.44 bits per heavy atom. The zero-order chi connectivity index (χ0) is 19.4. The summed E-state index contributed by atoms with van der Waals surface area (Å²) < 4.78 is 9.67. The molecule has 0 spiro atoms. The third-order valence-corrected chi connectivity index (χ3v) is 5.48. The molecule has 0 radical (unpaired) electrons. The van der Waals surface area contributed by atoms with Crippen LogP contribution in [-0.2, 0) is 23.1 Å². The van der Waals surface area contributed by atoms with Crippen molar-refractivity contribution < 1.29 is 9.53 Å². The number of aryl methyl sites for hydroxylation is 2. The van der Waals surface area contributed by atoms with Crippen LogP contribution in [0.5, 0.6) is 0 Å². The second-order valence-electron chi connectivity index (χ2n) is 7.33. The first kappa shape index (κ1) is 19.9. The number of ether oxygens (including phenoxy) is 1. The van der Waals surface area contributed by atoms with Gasteiger partial charge in [0.15, 0.2) is 11.0 Å². The first-order chi connectivity index (χ1) is 12.9. The van der Waals surface area contributed by atoms with Crippen LogP contribution < -0.4 is 5.32 Å². The molecule has 1 fully saturated rings. The topological polar surface area (TPSA) is 86.9 Å². The van der Waals surface area contributed by atoms with E-state index in [0.717, 1.165) is 41.8 Å². The van der Waals surface area contributed by atoms with Crippen molar-refractivity contribution in [2.75, 3.05) is 18.9 Å². The van der Waals surface area contributed by atoms with Gasteiger partial charge in [-0.05, 0) is 31.7 Å². The standard InChI is InChI=1S/C18H28N6O2S/c1-12(2)9-19-16(25)11-27-18-21-20-17(15-8-13(3)23(4)22-15)24(18)10-14-6-5-7-26-14/h8,12,14H,5-7,9-11H2,1-4H3,(H,19,25)/t14-/m0/s1. The van der Waals surface area contributed by atoms with Crippen LogP contribution in [0.2, 0.25) is 0 Å². The molecule has 2 aromatic heterocycles. The highest BCUT2D eigenvalue weighted by Gasteiger charge is 2.23. The molecule has 0 saturated carbocycles. The fourth-order valence-electron chi connectivity index (χ4n) is 2.91. The summed E-state index contributed by atoms with van der Waals surface area (Å²) >= 11 is 1.40. The Bertz CT molecular complexity index is 759. The first-order valence-electron chi connectivity index (χ1n) is 9.39. The number of hydrogen-bond donors (Lipinski definition) is 1. The lowest BCUT2D eigenvalue weighted by atomic mass is 10.2. The molecule has 1 aliphatic heterocycles. The van der Waals surface area contributed by atoms with E-state index >= 15 is 0 Å². The molecule has 148 valence electrons. The number of nitrogens with one attached hydrogen (secondary N) is 1. The molecule has 3 rings (SSSR count). The molecule has 3 heterocycles. The molecular formula is C18H28N6O2S. The molecular weight excluding hydrogens is 364 g/mol. The van der Waals surface area contributed by atoms with Crippen molar-refractivity contribution in [1.82, 2.24) is 29.9 Å². The van der Waals surface area contributed by atoms with Gasteiger partial charge in [0.1, 0.15) is 5.69 Å². The number of rotatable bonds is 8. The number of carbonyl (C=O) groups excluding carboxylic acids is 1. The van der Waals surface area contributed by atoms with E-state index < -0.39 is 0 Å². The average Bonchev–Trinajstić information content (AvgIpc) is 3.34. The van der Waals surface area contributed by atoms with Gasteiger partial charge in [-0.2, -0.15) is 5.10 Å². The number of hydrogen-bond acceptors (Lipinski definition) is 6. The van der Waals surface area contributed by atoms with Crippen LogP contribution in [0.4, 0.5) is 0 Å². The summed E-state index contributed by atoms with van der Waals surface area (Å²) in [4.78, 5) is 12.1. The first-order valence-corrected chi connectivity index (χ1v) is 10.4. The van der Waals surface area contributed by atoms with Crippen LogP contribution in [-0.4, -0.2) is 55.5 Å². The van der Waals surface area contributed by atoms with Crippen molar-refractivity contribution in [3.8, 4) is 11.5 Å². The van der Waals surface area contributed by atoms with E-state index in [-0.39, 0.29) is 12.0 Å². The maximum Gasteiger partial charge on any atom is 0.230 e. The average molecular weight is 393 g/mol. The van der Waals surface area contributed by atoms with Crippen molar-refractivity contribution in [3.63, 3.8) is 0 Å². The van der Waals surface area contributed by atoms with Gasteiger partial charge in [-0.1, -0.05) is 25.6 Å². The Hall–Kier alpha value is -1.87. The van der Waals surface area contributed by atoms with E-state index in [4.69, 9.17) is 4.74 Å². The highest BCUT2D eigenvalue weighted by molar-refractivity contribution is 7.99. The Morgan fingerprint density at radius 3 is 2.89 bits per heavy atom. The van der Waals surface area contributed by atoms with Crippen LogP contribution in [0.1, 0.15) is 32.4 Å². The van der Waals surface area contributed by atoms with Gasteiger partial charge >= 0.3 is 0 Å². The lowest BCUT2D eigenvalue weighted by Gasteiger charge is -2.14. The van der Waals surface area contributed by atoms with Crippen molar-refractivity contribution in [2.24, 2.45) is 13.0 Å². The van der Waals surface area contributed by atoms with Crippen LogP contribution in [0, 0.1) is 12.8 Å². The van der Waals surface area contributed by atoms with Gasteiger partial charge in [0, 0.05) is 25.9 Å². The lowest BCUT2D eigenvalue weighted by molar-refractivity contribution is -0.118. The van der Waals surface area contributed by atoms with Crippen molar-refractivity contribution in [2.45, 2.75) is 51.4 Å². The molecule has 1 atom stereocenters. The maximum atomic E-state index is 12.1. The third kappa shape index (κ3) is 5.10. The number of carbonyl (C=O) groups is 1. The summed E-state index contributed by atoms with van der Waals surface area (Å²) in [6.45, 7) is 8.31. The van der Waals surface area contributed by atoms with Gasteiger partial charge in [-0.3, -0.25) is 14.0 Å². The fourth-order valence-corrected chi connectivity index (χ4v) is 3.69. The van der Waals surface area contributed by atoms with E-state index in [0.29, 0.717) is 24.8 Å². The van der Waals surface area contributed by atoms with Crippen molar-refractivity contribution in [1.29, 1.82) is 0 Å². The van der Waals surface area contributed by atoms with E-state index in [1.807, 2.05) is 29.3 Å². The van der Waals surface area contributed by atoms with Gasteiger partial charge in [-0.15, -0.1) is 10.2 Å². The number of thioether (sulfide) groups is 1. The van der Waals surface area contributed by atoms with Gasteiger partial charge in [-0.25, -0.2) is 0 Å². The Labute approximate surface area is 164 Å². The second-order valence-corrected chi connectivity index (χ2v) is 8.28. The van der Waals surface area contributed by atoms with Crippen LogP contribution >= 0.6 is 11.8 Å². The van der Waals surface area contributed by atoms with E-state index in [9.17, 15) is 4.79 Å². The monoisotopic (exact) mass is 392 g/mol. The Morgan fingerprint density at radius 2 is 2.26 bits per heavy atom. The highest BCUT2D eigenvalue weighted by atomic mass is 32.2. The highest BCUT2D eigenvalue weighted by Crippen LogP contribution is 2.26. The van der Waals surface area contributed by atoms with E-state index in [1.54, 1.807) is 0 Å². The summed E-state index contributed by atoms with van der Waals surface area (Å²) in [5, 5.41) is 16.9. The molecule has 0 unspecified atom stereocenters. The van der Waals surface area contributed by atoms with E-state index in [2.05, 4.69) is 34.5 Å². The predicted octanol–water partition coefficient (Wildman–Crippen LogP) is 2.03. The van der Waals surface area contributed by atoms with Crippen LogP contribution in [0.3, 0.4) is 0 Å². The molecule has 0 aliphatic carbocycles. The Kier molecular flexibility index (Phi) is 6.54. The van der Waals surface area contributed by atoms with Crippen LogP contribution in [0.25, 0.3) is 11.5 Å². The van der Waals surface area contributed by atoms with Crippen LogP contribution in [0.15, 0.2) is 11.2 Å². The van der Waals surface area contributed by atoms with E-state index in [1.165, 1.54) is 11.8 Å². The third-order valence-electron chi connectivity index (χ3n) is 4.51. The quantitative estimate of drug-likeness (QED) is 0.692. The lowest BCUT2D eigenvalue weighted by Crippen LogP contribution is -2.29. The molecule has 8 nitrogen and oxygen atoms in total. The summed E-state index contributed by atoms with van der Waals surface area (Å²) in [5.74, 6) is 1.48. The molecule has 27 heavy (non-hydrogen) atoms. The van der Waals surface area contributed by atoms with Gasteiger partial charge in [0.2, 0.25) is 5.91 Å². The summed E-state index contributed by atoms with van der Waals surface area (Å²) in [5.41, 5.74) is 1.84. The molecule has 0 aromatic carbocycles. The minimum absolute atomic E-state index is 0.00981. The molecule has 1 saturated heterocycles. The minimum atomic E-state index is 0.00981. The molecule has 9 heteroatoms. The summed E-state index contributed by atoms with van der Waals surface area (Å²) in [6.07, 6.45) is 2.25. The second kappa shape index (κ2) is 8.88. The Balaban J connectivity index is 1.77. The predicted molar refractivity (Wildman–Crippen MR) is 105 cm³/mol. The normalized spacial score (nSPS) is 17.0. The smallest absolute Gasteiger partial charge is 0.230 e. The van der Waals surface area contributed by atoms with Gasteiger partial charge < -0.3 is 10.1 Å². The molecule has 1 N–H and O–H groups in total. The molecule has 0 bridgehead atoms. The van der Waals surface area contributed by atoms with Gasteiger partial charge in [0.05, 0.1) is 18.4 Å².